The minimum Gasteiger partial charge on any atom is -0.508 e. The molecule has 28 heavy (non-hydrogen) atoms. The predicted octanol–water partition coefficient (Wildman–Crippen LogP) is 4.11. The molecular weight excluding hydrogens is 380 g/mol. The van der Waals surface area contributed by atoms with Crippen molar-refractivity contribution >= 4 is 27.5 Å². The molecule has 0 fully saturated rings. The number of aryl methyl sites for hydroxylation is 1. The van der Waals surface area contributed by atoms with Crippen LogP contribution in [0.1, 0.15) is 5.56 Å². The van der Waals surface area contributed by atoms with Gasteiger partial charge in [-0.1, -0.05) is 17.7 Å². The first-order chi connectivity index (χ1) is 13.3. The molecule has 3 aromatic rings. The van der Waals surface area contributed by atoms with E-state index >= 15 is 0 Å². The van der Waals surface area contributed by atoms with E-state index in [1.807, 2.05) is 6.92 Å². The number of carbonyl (C=O) groups is 1. The molecule has 0 bridgehead atoms. The summed E-state index contributed by atoms with van der Waals surface area (Å²) < 4.78 is 29.7. The summed E-state index contributed by atoms with van der Waals surface area (Å²) >= 11 is 0. The van der Waals surface area contributed by atoms with Crippen molar-refractivity contribution in [3.8, 4) is 11.5 Å². The van der Waals surface area contributed by atoms with Crippen molar-refractivity contribution < 1.29 is 22.5 Å². The van der Waals surface area contributed by atoms with Crippen LogP contribution in [0, 0.1) is 6.92 Å². The number of phenols is 1. The van der Waals surface area contributed by atoms with Gasteiger partial charge in [0.25, 0.3) is 0 Å². The number of amides is 2. The number of phenolic OH excluding ortho intramolecular Hbond substituents is 1. The van der Waals surface area contributed by atoms with E-state index < -0.39 is 16.1 Å². The van der Waals surface area contributed by atoms with Crippen molar-refractivity contribution in [3.63, 3.8) is 0 Å². The Labute approximate surface area is 162 Å². The molecule has 3 aromatic carbocycles. The molecule has 0 saturated heterocycles. The maximum atomic E-state index is 12.3. The molecule has 3 N–H and O–H groups in total. The number of urea groups is 1. The Morgan fingerprint density at radius 1 is 0.821 bits per heavy atom. The minimum absolute atomic E-state index is 0.0635. The van der Waals surface area contributed by atoms with Gasteiger partial charge in [-0.3, -0.25) is 0 Å². The second-order valence-electron chi connectivity index (χ2n) is 6.00. The van der Waals surface area contributed by atoms with Gasteiger partial charge >= 0.3 is 16.1 Å². The van der Waals surface area contributed by atoms with Crippen LogP contribution >= 0.6 is 0 Å². The Morgan fingerprint density at radius 2 is 1.32 bits per heavy atom. The molecule has 0 aliphatic rings. The summed E-state index contributed by atoms with van der Waals surface area (Å²) in [7, 11) is -3.93. The Hall–Kier alpha value is -3.52. The zero-order valence-electron chi connectivity index (χ0n) is 14.9. The zero-order valence-corrected chi connectivity index (χ0v) is 15.7. The molecule has 3 rings (SSSR count). The lowest BCUT2D eigenvalue weighted by Gasteiger charge is -2.10. The van der Waals surface area contributed by atoms with Crippen LogP contribution < -0.4 is 14.8 Å². The summed E-state index contributed by atoms with van der Waals surface area (Å²) in [5.41, 5.74) is 1.91. The fourth-order valence-corrected chi connectivity index (χ4v) is 3.24. The maximum Gasteiger partial charge on any atom is 0.339 e. The second-order valence-corrected chi connectivity index (χ2v) is 7.55. The number of aromatic hydroxyl groups is 1. The Balaban J connectivity index is 1.62. The van der Waals surface area contributed by atoms with Gasteiger partial charge in [0.05, 0.1) is 0 Å². The van der Waals surface area contributed by atoms with Crippen molar-refractivity contribution in [3.05, 3.63) is 78.4 Å². The molecule has 0 aliphatic heterocycles. The molecule has 0 spiro atoms. The zero-order chi connectivity index (χ0) is 20.1. The topological polar surface area (TPSA) is 105 Å². The molecule has 0 saturated carbocycles. The van der Waals surface area contributed by atoms with Gasteiger partial charge in [0.1, 0.15) is 16.4 Å². The van der Waals surface area contributed by atoms with E-state index in [2.05, 4.69) is 10.6 Å². The van der Waals surface area contributed by atoms with Crippen molar-refractivity contribution in [2.45, 2.75) is 11.8 Å². The van der Waals surface area contributed by atoms with Crippen LogP contribution in [-0.2, 0) is 10.1 Å². The number of carbonyl (C=O) groups excluding carboxylic acids is 1. The van der Waals surface area contributed by atoms with E-state index in [1.165, 1.54) is 48.5 Å². The number of benzene rings is 3. The first kappa shape index (κ1) is 19.2. The van der Waals surface area contributed by atoms with E-state index in [0.717, 1.165) is 5.56 Å². The van der Waals surface area contributed by atoms with E-state index in [0.29, 0.717) is 11.4 Å². The third kappa shape index (κ3) is 5.01. The standard InChI is InChI=1S/C20H18N2O5S/c1-14-2-12-19(13-3-14)28(25,26)27-18-10-6-16(7-11-18)22-20(24)21-15-4-8-17(23)9-5-15/h2-13,23H,1H3,(H2,21,22,24). The molecule has 0 unspecified atom stereocenters. The highest BCUT2D eigenvalue weighted by Crippen LogP contribution is 2.21. The van der Waals surface area contributed by atoms with Crippen LogP contribution in [0.25, 0.3) is 0 Å². The van der Waals surface area contributed by atoms with Crippen molar-refractivity contribution in [1.29, 1.82) is 0 Å². The van der Waals surface area contributed by atoms with Crippen LogP contribution in [0.3, 0.4) is 0 Å². The SMILES string of the molecule is Cc1ccc(S(=O)(=O)Oc2ccc(NC(=O)Nc3ccc(O)cc3)cc2)cc1. The lowest BCUT2D eigenvalue weighted by Crippen LogP contribution is -2.19. The van der Waals surface area contributed by atoms with Gasteiger partial charge in [0, 0.05) is 11.4 Å². The van der Waals surface area contributed by atoms with Gasteiger partial charge in [-0.15, -0.1) is 0 Å². The maximum absolute atomic E-state index is 12.3. The summed E-state index contributed by atoms with van der Waals surface area (Å²) in [5.74, 6) is 0.229. The van der Waals surface area contributed by atoms with Crippen LogP contribution in [0.2, 0.25) is 0 Å². The number of hydrogen-bond acceptors (Lipinski definition) is 5. The van der Waals surface area contributed by atoms with Gasteiger partial charge in [0.2, 0.25) is 0 Å². The number of nitrogens with one attached hydrogen (secondary N) is 2. The number of anilines is 2. The third-order valence-electron chi connectivity index (χ3n) is 3.75. The third-order valence-corrected chi connectivity index (χ3v) is 5.01. The van der Waals surface area contributed by atoms with Crippen molar-refractivity contribution in [1.82, 2.24) is 0 Å². The van der Waals surface area contributed by atoms with Crippen LogP contribution in [0.5, 0.6) is 11.5 Å². The molecule has 7 nitrogen and oxygen atoms in total. The average Bonchev–Trinajstić information content (AvgIpc) is 2.65. The summed E-state index contributed by atoms with van der Waals surface area (Å²) in [4.78, 5) is 12.0. The molecule has 2 amide bonds. The Morgan fingerprint density at radius 3 is 1.86 bits per heavy atom. The molecule has 0 atom stereocenters. The fraction of sp³-hybridized carbons (Fsp3) is 0.0500. The van der Waals surface area contributed by atoms with E-state index in [1.54, 1.807) is 24.3 Å². The van der Waals surface area contributed by atoms with Crippen LogP contribution in [-0.4, -0.2) is 19.6 Å². The largest absolute Gasteiger partial charge is 0.508 e. The molecular formula is C20H18N2O5S. The van der Waals surface area contributed by atoms with E-state index in [9.17, 15) is 18.3 Å². The van der Waals surface area contributed by atoms with Gasteiger partial charge in [-0.05, 0) is 67.6 Å². The minimum atomic E-state index is -3.93. The fourth-order valence-electron chi connectivity index (χ4n) is 2.31. The van der Waals surface area contributed by atoms with Gasteiger partial charge in [-0.2, -0.15) is 8.42 Å². The van der Waals surface area contributed by atoms with Crippen molar-refractivity contribution in [2.75, 3.05) is 10.6 Å². The van der Waals surface area contributed by atoms with E-state index in [-0.39, 0.29) is 16.4 Å². The number of rotatable bonds is 5. The monoisotopic (exact) mass is 398 g/mol. The second kappa shape index (κ2) is 8.01. The van der Waals surface area contributed by atoms with Gasteiger partial charge < -0.3 is 19.9 Å². The van der Waals surface area contributed by atoms with Crippen molar-refractivity contribution in [2.24, 2.45) is 0 Å². The molecule has 0 aromatic heterocycles. The average molecular weight is 398 g/mol. The van der Waals surface area contributed by atoms with Gasteiger partial charge in [0.15, 0.2) is 0 Å². The summed E-state index contributed by atoms with van der Waals surface area (Å²) in [5, 5.41) is 14.5. The first-order valence-electron chi connectivity index (χ1n) is 8.30. The summed E-state index contributed by atoms with van der Waals surface area (Å²) in [6.07, 6.45) is 0. The summed E-state index contributed by atoms with van der Waals surface area (Å²) in [6, 6.07) is 17.8. The first-order valence-corrected chi connectivity index (χ1v) is 9.71. The molecule has 0 aliphatic carbocycles. The lowest BCUT2D eigenvalue weighted by atomic mass is 10.2. The number of hydrogen-bond donors (Lipinski definition) is 3. The predicted molar refractivity (Wildman–Crippen MR) is 106 cm³/mol. The highest BCUT2D eigenvalue weighted by Gasteiger charge is 2.16. The smallest absolute Gasteiger partial charge is 0.339 e. The molecule has 0 heterocycles. The Bertz CT molecular complexity index is 1060. The quantitative estimate of drug-likeness (QED) is 0.443. The highest BCUT2D eigenvalue weighted by atomic mass is 32.2. The van der Waals surface area contributed by atoms with Gasteiger partial charge in [-0.25, -0.2) is 4.79 Å². The van der Waals surface area contributed by atoms with E-state index in [4.69, 9.17) is 4.18 Å². The Kier molecular flexibility index (Phi) is 5.51. The van der Waals surface area contributed by atoms with Crippen LogP contribution in [0.15, 0.2) is 77.7 Å². The lowest BCUT2D eigenvalue weighted by molar-refractivity contribution is 0.262. The molecule has 0 radical (unpaired) electrons. The normalized spacial score (nSPS) is 10.9. The summed E-state index contributed by atoms with van der Waals surface area (Å²) in [6.45, 7) is 1.86. The van der Waals surface area contributed by atoms with Crippen LogP contribution in [0.4, 0.5) is 16.2 Å². The molecule has 8 heteroatoms. The highest BCUT2D eigenvalue weighted by molar-refractivity contribution is 7.87. The molecule has 144 valence electrons.